The zero-order valence-corrected chi connectivity index (χ0v) is 14.6. The van der Waals surface area contributed by atoms with Crippen molar-refractivity contribution in [3.8, 4) is 0 Å². The minimum absolute atomic E-state index is 0.329. The van der Waals surface area contributed by atoms with Gasteiger partial charge in [0.1, 0.15) is 5.82 Å². The van der Waals surface area contributed by atoms with Crippen molar-refractivity contribution in [2.24, 2.45) is 5.92 Å². The van der Waals surface area contributed by atoms with E-state index in [0.717, 1.165) is 31.0 Å². The topological polar surface area (TPSA) is 37.4 Å². The lowest BCUT2D eigenvalue weighted by molar-refractivity contribution is 0.203. The maximum atomic E-state index is 6.42. The van der Waals surface area contributed by atoms with Gasteiger partial charge in [0.05, 0.1) is 11.6 Å². The highest BCUT2D eigenvalue weighted by molar-refractivity contribution is 6.33. The van der Waals surface area contributed by atoms with E-state index >= 15 is 0 Å². The minimum atomic E-state index is 0.329. The van der Waals surface area contributed by atoms with Crippen LogP contribution in [0.2, 0.25) is 5.02 Å². The summed E-state index contributed by atoms with van der Waals surface area (Å²) in [6, 6.07) is 2.33. The molecule has 0 amide bonds. The number of hydrogen-bond donors (Lipinski definition) is 1. The summed E-state index contributed by atoms with van der Waals surface area (Å²) in [5.74, 6) is 1.47. The average molecular weight is 314 g/mol. The molecule has 0 aliphatic carbocycles. The van der Waals surface area contributed by atoms with Crippen LogP contribution in [0.4, 0.5) is 5.82 Å². The first-order valence-corrected chi connectivity index (χ1v) is 7.94. The Morgan fingerprint density at radius 1 is 1.33 bits per heavy atom. The number of nitrogens with one attached hydrogen (secondary N) is 1. The Bertz CT molecular complexity index is 424. The predicted molar refractivity (Wildman–Crippen MR) is 90.1 cm³/mol. The fraction of sp³-hybridized carbons (Fsp3) is 0.688. The van der Waals surface area contributed by atoms with Crippen molar-refractivity contribution < 1.29 is 4.74 Å². The Balaban J connectivity index is 2.75. The van der Waals surface area contributed by atoms with Crippen LogP contribution >= 0.6 is 11.6 Å². The number of rotatable bonds is 9. The van der Waals surface area contributed by atoms with Crippen molar-refractivity contribution in [2.45, 2.75) is 40.3 Å². The third-order valence-corrected chi connectivity index (χ3v) is 3.47. The van der Waals surface area contributed by atoms with Crippen molar-refractivity contribution in [1.29, 1.82) is 0 Å². The van der Waals surface area contributed by atoms with E-state index in [1.54, 1.807) is 7.11 Å². The zero-order chi connectivity index (χ0) is 15.8. The second-order valence-electron chi connectivity index (χ2n) is 5.95. The molecule has 120 valence electrons. The van der Waals surface area contributed by atoms with Crippen LogP contribution in [0, 0.1) is 5.92 Å². The minimum Gasteiger partial charge on any atom is -0.383 e. The first-order valence-electron chi connectivity index (χ1n) is 7.56. The molecular formula is C16H28ClN3O. The molecule has 5 heteroatoms. The van der Waals surface area contributed by atoms with Gasteiger partial charge in [-0.15, -0.1) is 0 Å². The third kappa shape index (κ3) is 6.20. The summed E-state index contributed by atoms with van der Waals surface area (Å²) in [7, 11) is 1.71. The first-order chi connectivity index (χ1) is 9.95. The molecular weight excluding hydrogens is 286 g/mol. The monoisotopic (exact) mass is 313 g/mol. The van der Waals surface area contributed by atoms with Gasteiger partial charge in [-0.25, -0.2) is 4.98 Å². The van der Waals surface area contributed by atoms with Crippen molar-refractivity contribution in [1.82, 2.24) is 10.3 Å². The van der Waals surface area contributed by atoms with Crippen LogP contribution in [0.3, 0.4) is 0 Å². The van der Waals surface area contributed by atoms with E-state index in [9.17, 15) is 0 Å². The summed E-state index contributed by atoms with van der Waals surface area (Å²) >= 11 is 6.42. The molecule has 0 aromatic carbocycles. The summed E-state index contributed by atoms with van der Waals surface area (Å²) in [5, 5.41) is 4.10. The van der Waals surface area contributed by atoms with Crippen molar-refractivity contribution in [2.75, 3.05) is 31.7 Å². The second kappa shape index (κ2) is 9.23. The molecule has 1 rings (SSSR count). The molecule has 0 fully saturated rings. The highest BCUT2D eigenvalue weighted by Crippen LogP contribution is 2.25. The smallest absolute Gasteiger partial charge is 0.147 e. The predicted octanol–water partition coefficient (Wildman–Crippen LogP) is 3.34. The molecule has 0 atom stereocenters. The van der Waals surface area contributed by atoms with Crippen LogP contribution in [0.25, 0.3) is 0 Å². The van der Waals surface area contributed by atoms with Crippen LogP contribution in [0.5, 0.6) is 0 Å². The largest absolute Gasteiger partial charge is 0.383 e. The van der Waals surface area contributed by atoms with E-state index in [4.69, 9.17) is 16.3 Å². The van der Waals surface area contributed by atoms with Gasteiger partial charge in [-0.05, 0) is 37.9 Å². The second-order valence-corrected chi connectivity index (χ2v) is 6.36. The Morgan fingerprint density at radius 2 is 2.05 bits per heavy atom. The van der Waals surface area contributed by atoms with E-state index < -0.39 is 0 Å². The molecule has 21 heavy (non-hydrogen) atoms. The quantitative estimate of drug-likeness (QED) is 0.758. The molecule has 0 radical (unpaired) electrons. The molecule has 0 spiro atoms. The molecule has 0 aliphatic rings. The van der Waals surface area contributed by atoms with Gasteiger partial charge in [0.2, 0.25) is 0 Å². The van der Waals surface area contributed by atoms with Crippen LogP contribution in [0.1, 0.15) is 33.3 Å². The molecule has 1 heterocycles. The Kier molecular flexibility index (Phi) is 8.01. The van der Waals surface area contributed by atoms with Gasteiger partial charge >= 0.3 is 0 Å². The van der Waals surface area contributed by atoms with Gasteiger partial charge in [-0.3, -0.25) is 0 Å². The Labute approximate surface area is 133 Å². The number of pyridine rings is 1. The molecule has 1 aromatic heterocycles. The standard InChI is InChI=1S/C16H28ClN3O/c1-12(2)9-18-10-14-8-15(17)16(19-11-14)20(13(3)4)6-7-21-5/h8,11-13,18H,6-7,9-10H2,1-5H3. The summed E-state index contributed by atoms with van der Waals surface area (Å²) < 4.78 is 5.16. The lowest BCUT2D eigenvalue weighted by Gasteiger charge is -2.28. The summed E-state index contributed by atoms with van der Waals surface area (Å²) in [6.07, 6.45) is 1.90. The molecule has 1 aromatic rings. The van der Waals surface area contributed by atoms with Gasteiger partial charge in [0.15, 0.2) is 0 Å². The summed E-state index contributed by atoms with van der Waals surface area (Å²) in [6.45, 7) is 11.9. The van der Waals surface area contributed by atoms with E-state index in [1.807, 2.05) is 12.3 Å². The van der Waals surface area contributed by atoms with Gasteiger partial charge in [-0.2, -0.15) is 0 Å². The molecule has 0 saturated carbocycles. The lowest BCUT2D eigenvalue weighted by Crippen LogP contribution is -2.34. The molecule has 1 N–H and O–H groups in total. The third-order valence-electron chi connectivity index (χ3n) is 3.19. The maximum Gasteiger partial charge on any atom is 0.147 e. The summed E-state index contributed by atoms with van der Waals surface area (Å²) in [5.41, 5.74) is 1.11. The maximum absolute atomic E-state index is 6.42. The summed E-state index contributed by atoms with van der Waals surface area (Å²) in [4.78, 5) is 6.71. The van der Waals surface area contributed by atoms with Gasteiger partial charge < -0.3 is 15.0 Å². The Morgan fingerprint density at radius 3 is 2.57 bits per heavy atom. The molecule has 0 aliphatic heterocycles. The normalized spacial score (nSPS) is 11.4. The van der Waals surface area contributed by atoms with Crippen molar-refractivity contribution in [3.63, 3.8) is 0 Å². The van der Waals surface area contributed by atoms with E-state index in [1.165, 1.54) is 0 Å². The highest BCUT2D eigenvalue weighted by atomic mass is 35.5. The number of aromatic nitrogens is 1. The van der Waals surface area contributed by atoms with E-state index in [-0.39, 0.29) is 0 Å². The number of hydrogen-bond acceptors (Lipinski definition) is 4. The number of methoxy groups -OCH3 is 1. The number of halogens is 1. The first kappa shape index (κ1) is 18.2. The number of anilines is 1. The number of nitrogens with zero attached hydrogens (tertiary/aromatic N) is 2. The van der Waals surface area contributed by atoms with Crippen LogP contribution in [-0.2, 0) is 11.3 Å². The van der Waals surface area contributed by atoms with Gasteiger partial charge in [0, 0.05) is 32.4 Å². The van der Waals surface area contributed by atoms with Crippen LogP contribution in [-0.4, -0.2) is 37.8 Å². The molecule has 0 bridgehead atoms. The van der Waals surface area contributed by atoms with Gasteiger partial charge in [-0.1, -0.05) is 25.4 Å². The molecule has 4 nitrogen and oxygen atoms in total. The fourth-order valence-corrected chi connectivity index (χ4v) is 2.38. The highest BCUT2D eigenvalue weighted by Gasteiger charge is 2.15. The van der Waals surface area contributed by atoms with E-state index in [0.29, 0.717) is 23.6 Å². The average Bonchev–Trinajstić information content (AvgIpc) is 2.40. The lowest BCUT2D eigenvalue weighted by atomic mass is 10.2. The fourth-order valence-electron chi connectivity index (χ4n) is 2.08. The van der Waals surface area contributed by atoms with Crippen LogP contribution < -0.4 is 10.2 Å². The number of ether oxygens (including phenoxy) is 1. The van der Waals surface area contributed by atoms with Crippen molar-refractivity contribution >= 4 is 17.4 Å². The molecule has 0 unspecified atom stereocenters. The SMILES string of the molecule is COCCN(c1ncc(CNCC(C)C)cc1Cl)C(C)C. The van der Waals surface area contributed by atoms with Crippen LogP contribution in [0.15, 0.2) is 12.3 Å². The molecule has 0 saturated heterocycles. The Hall–Kier alpha value is -0.840. The van der Waals surface area contributed by atoms with Gasteiger partial charge in [0.25, 0.3) is 0 Å². The van der Waals surface area contributed by atoms with Crippen molar-refractivity contribution in [3.05, 3.63) is 22.8 Å². The zero-order valence-electron chi connectivity index (χ0n) is 13.8. The van der Waals surface area contributed by atoms with E-state index in [2.05, 4.69) is 42.9 Å².